The third-order valence-corrected chi connectivity index (χ3v) is 17.9. The van der Waals surface area contributed by atoms with E-state index in [9.17, 15) is 0 Å². The van der Waals surface area contributed by atoms with Crippen molar-refractivity contribution in [1.29, 1.82) is 0 Å². The van der Waals surface area contributed by atoms with Crippen molar-refractivity contribution in [2.45, 2.75) is 201 Å². The van der Waals surface area contributed by atoms with Gasteiger partial charge in [0.25, 0.3) is 0 Å². The minimum absolute atomic E-state index is 0.508. The van der Waals surface area contributed by atoms with Crippen molar-refractivity contribution >= 4 is 0 Å². The Labute approximate surface area is 313 Å². The van der Waals surface area contributed by atoms with E-state index < -0.39 is 0 Å². The Hall–Kier alpha value is -1.72. The number of fused-ring (bicyclic) bond motifs is 10. The molecule has 0 bridgehead atoms. The highest BCUT2D eigenvalue weighted by Gasteiger charge is 2.61. The Bertz CT molecular complexity index is 1520. The fraction of sp³-hybridized carbons (Fsp3) is 0.750. The zero-order valence-corrected chi connectivity index (χ0v) is 31.7. The monoisotopic (exact) mass is 700 g/mol. The van der Waals surface area contributed by atoms with Gasteiger partial charge in [-0.3, -0.25) is 9.80 Å². The van der Waals surface area contributed by atoms with E-state index in [0.29, 0.717) is 60.4 Å². The summed E-state index contributed by atoms with van der Waals surface area (Å²) in [6.45, 7) is 0. The SMILES string of the molecule is c1ccc(C2CCC3C(C2)C2CCCC4OC5CCCCC5N3C42)c(-c2ccccc2C2CCC3C(C2)C2CCCC4OC5CCCCC5N3C42)c1. The number of ether oxygens (including phenoxy) is 2. The largest absolute Gasteiger partial charge is 0.372 e. The van der Waals surface area contributed by atoms with Crippen molar-refractivity contribution in [2.75, 3.05) is 0 Å². The second kappa shape index (κ2) is 12.9. The van der Waals surface area contributed by atoms with Crippen molar-refractivity contribution in [3.8, 4) is 11.1 Å². The molecule has 4 heterocycles. The molecule has 10 fully saturated rings. The van der Waals surface area contributed by atoms with Gasteiger partial charge in [-0.25, -0.2) is 0 Å². The van der Waals surface area contributed by atoms with Gasteiger partial charge < -0.3 is 9.47 Å². The topological polar surface area (TPSA) is 24.9 Å². The number of benzene rings is 2. The highest BCUT2D eigenvalue weighted by molar-refractivity contribution is 5.72. The van der Waals surface area contributed by atoms with Crippen LogP contribution in [0.1, 0.15) is 151 Å². The van der Waals surface area contributed by atoms with Crippen molar-refractivity contribution < 1.29 is 9.47 Å². The zero-order valence-electron chi connectivity index (χ0n) is 31.7. The van der Waals surface area contributed by atoms with E-state index in [1.807, 2.05) is 0 Å². The number of rotatable bonds is 3. The summed E-state index contributed by atoms with van der Waals surface area (Å²) in [5.74, 6) is 4.76. The highest BCUT2D eigenvalue weighted by Crippen LogP contribution is 2.59. The minimum atomic E-state index is 0.508. The Morgan fingerprint density at radius 1 is 0.385 bits per heavy atom. The van der Waals surface area contributed by atoms with E-state index in [0.717, 1.165) is 35.8 Å². The Morgan fingerprint density at radius 3 is 1.33 bits per heavy atom. The molecule has 52 heavy (non-hydrogen) atoms. The predicted molar refractivity (Wildman–Crippen MR) is 207 cm³/mol. The average Bonchev–Trinajstić information content (AvgIpc) is 3.73. The summed E-state index contributed by atoms with van der Waals surface area (Å²) < 4.78 is 14.0. The van der Waals surface area contributed by atoms with Gasteiger partial charge in [-0.15, -0.1) is 0 Å². The molecule has 0 spiro atoms. The van der Waals surface area contributed by atoms with Crippen molar-refractivity contribution in [3.05, 3.63) is 59.7 Å². The molecule has 0 amide bonds. The summed E-state index contributed by atoms with van der Waals surface area (Å²) in [5.41, 5.74) is 6.47. The van der Waals surface area contributed by atoms with Crippen LogP contribution in [0.4, 0.5) is 0 Å². The van der Waals surface area contributed by atoms with Crippen LogP contribution in [-0.2, 0) is 9.47 Å². The third-order valence-electron chi connectivity index (χ3n) is 17.9. The smallest absolute Gasteiger partial charge is 0.0737 e. The first kappa shape index (κ1) is 32.5. The predicted octanol–water partition coefficient (Wildman–Crippen LogP) is 10.2. The second-order valence-corrected chi connectivity index (χ2v) is 19.9. The van der Waals surface area contributed by atoms with E-state index in [-0.39, 0.29) is 0 Å². The van der Waals surface area contributed by atoms with Gasteiger partial charge in [0.15, 0.2) is 0 Å². The molecule has 0 aromatic heterocycles. The van der Waals surface area contributed by atoms with Gasteiger partial charge in [-0.05, 0) is 148 Å². The van der Waals surface area contributed by atoms with Crippen LogP contribution in [0, 0.1) is 23.7 Å². The highest BCUT2D eigenvalue weighted by atomic mass is 16.5. The molecule has 12 rings (SSSR count). The molecule has 6 saturated carbocycles. The van der Waals surface area contributed by atoms with Gasteiger partial charge in [0.2, 0.25) is 0 Å². The van der Waals surface area contributed by atoms with Crippen LogP contribution in [0.3, 0.4) is 0 Å². The first-order valence-electron chi connectivity index (χ1n) is 22.8. The summed E-state index contributed by atoms with van der Waals surface area (Å²) in [7, 11) is 0. The standard InChI is InChI=1S/C48H64N2O2/c1-3-13-33(31(11-1)29-23-25-39-37(27-29)35-15-9-21-45-47(35)49(39)41-17-5-7-19-43(41)51-45)34-14-4-2-12-32(34)30-24-26-40-38(28-30)36-16-10-22-46-48(36)50(40)42-18-6-8-20-44(42)52-46/h1-4,11-14,29-30,35-48H,5-10,15-28H2. The van der Waals surface area contributed by atoms with Crippen molar-refractivity contribution in [1.82, 2.24) is 9.80 Å². The van der Waals surface area contributed by atoms with Crippen LogP contribution in [-0.4, -0.2) is 70.5 Å². The molecule has 10 aliphatic rings. The van der Waals surface area contributed by atoms with Crippen LogP contribution in [0.25, 0.3) is 11.1 Å². The van der Waals surface area contributed by atoms with E-state index >= 15 is 0 Å². The molecule has 278 valence electrons. The number of nitrogens with zero attached hydrogens (tertiary/aromatic N) is 2. The summed E-state index contributed by atoms with van der Waals surface area (Å²) in [4.78, 5) is 6.29. The van der Waals surface area contributed by atoms with Gasteiger partial charge in [-0.2, -0.15) is 0 Å². The van der Waals surface area contributed by atoms with E-state index in [1.54, 1.807) is 22.3 Å². The Kier molecular flexibility index (Phi) is 8.08. The molecule has 4 nitrogen and oxygen atoms in total. The lowest BCUT2D eigenvalue weighted by Gasteiger charge is -2.53. The fourth-order valence-corrected chi connectivity index (χ4v) is 16.2. The van der Waals surface area contributed by atoms with Crippen LogP contribution < -0.4 is 0 Å². The first-order valence-corrected chi connectivity index (χ1v) is 22.8. The summed E-state index contributed by atoms with van der Waals surface area (Å²) in [6.07, 6.45) is 29.5. The van der Waals surface area contributed by atoms with Gasteiger partial charge >= 0.3 is 0 Å². The van der Waals surface area contributed by atoms with E-state index in [2.05, 4.69) is 58.3 Å². The van der Waals surface area contributed by atoms with Gasteiger partial charge in [0.1, 0.15) is 0 Å². The second-order valence-electron chi connectivity index (χ2n) is 19.9. The molecule has 4 aliphatic heterocycles. The maximum Gasteiger partial charge on any atom is 0.0737 e. The third kappa shape index (κ3) is 4.91. The fourth-order valence-electron chi connectivity index (χ4n) is 16.2. The maximum absolute atomic E-state index is 6.99. The number of hydrogen-bond donors (Lipinski definition) is 0. The van der Waals surface area contributed by atoms with Gasteiger partial charge in [0.05, 0.1) is 24.4 Å². The molecule has 0 N–H and O–H groups in total. The lowest BCUT2D eigenvalue weighted by molar-refractivity contribution is -0.177. The van der Waals surface area contributed by atoms with Crippen LogP contribution in [0.15, 0.2) is 48.5 Å². The lowest BCUT2D eigenvalue weighted by Crippen LogP contribution is -2.63. The molecule has 16 atom stereocenters. The lowest BCUT2D eigenvalue weighted by atomic mass is 9.67. The molecule has 2 aromatic carbocycles. The molecule has 2 aromatic rings. The maximum atomic E-state index is 6.99. The van der Waals surface area contributed by atoms with Crippen molar-refractivity contribution in [2.24, 2.45) is 23.7 Å². The zero-order chi connectivity index (χ0) is 33.9. The van der Waals surface area contributed by atoms with E-state index in [4.69, 9.17) is 9.47 Å². The van der Waals surface area contributed by atoms with Gasteiger partial charge in [0, 0.05) is 36.3 Å². The quantitative estimate of drug-likeness (QED) is 0.318. The molecule has 4 heteroatoms. The van der Waals surface area contributed by atoms with Crippen LogP contribution >= 0.6 is 0 Å². The molecule has 16 unspecified atom stereocenters. The van der Waals surface area contributed by atoms with Crippen LogP contribution in [0.5, 0.6) is 0 Å². The summed E-state index contributed by atoms with van der Waals surface area (Å²) in [5, 5.41) is 0. The molecule has 0 radical (unpaired) electrons. The Balaban J connectivity index is 0.833. The van der Waals surface area contributed by atoms with Crippen molar-refractivity contribution in [3.63, 3.8) is 0 Å². The Morgan fingerprint density at radius 2 is 0.827 bits per heavy atom. The molecular weight excluding hydrogens is 637 g/mol. The minimum Gasteiger partial charge on any atom is -0.372 e. The molecular formula is C48H64N2O2. The molecule has 6 aliphatic carbocycles. The summed E-state index contributed by atoms with van der Waals surface area (Å²) in [6, 6.07) is 24.0. The summed E-state index contributed by atoms with van der Waals surface area (Å²) >= 11 is 0. The number of morpholine rings is 2. The first-order chi connectivity index (χ1) is 25.8. The average molecular weight is 701 g/mol. The normalized spacial score (nSPS) is 48.1. The molecule has 4 saturated heterocycles. The van der Waals surface area contributed by atoms with E-state index in [1.165, 1.54) is 128 Å². The number of hydrogen-bond acceptors (Lipinski definition) is 4. The van der Waals surface area contributed by atoms with Gasteiger partial charge in [-0.1, -0.05) is 87.1 Å². The van der Waals surface area contributed by atoms with Crippen LogP contribution in [0.2, 0.25) is 0 Å².